The Labute approximate surface area is 128 Å². The van der Waals surface area contributed by atoms with Crippen LogP contribution in [0.25, 0.3) is 0 Å². The molecule has 1 saturated carbocycles. The number of rotatable bonds is 6. The molecule has 0 unspecified atom stereocenters. The van der Waals surface area contributed by atoms with Crippen LogP contribution in [0, 0.1) is 18.8 Å². The number of nitrogens with two attached hydrogens (primary N) is 1. The van der Waals surface area contributed by atoms with Crippen LogP contribution < -0.4 is 11.1 Å². The summed E-state index contributed by atoms with van der Waals surface area (Å²) in [5.41, 5.74) is 6.97. The van der Waals surface area contributed by atoms with Crippen LogP contribution in [0.4, 0.5) is 11.6 Å². The van der Waals surface area contributed by atoms with Gasteiger partial charge >= 0.3 is 0 Å². The lowest BCUT2D eigenvalue weighted by atomic mass is 9.81. The molecule has 1 aliphatic rings. The fourth-order valence-corrected chi connectivity index (χ4v) is 3.10. The molecule has 118 valence electrons. The molecule has 0 aromatic carbocycles. The predicted octanol–water partition coefficient (Wildman–Crippen LogP) is 3.95. The highest BCUT2D eigenvalue weighted by Crippen LogP contribution is 2.30. The van der Waals surface area contributed by atoms with Gasteiger partial charge in [-0.1, -0.05) is 39.5 Å². The van der Waals surface area contributed by atoms with Gasteiger partial charge in [-0.25, -0.2) is 9.97 Å². The molecule has 0 amide bonds. The van der Waals surface area contributed by atoms with Crippen molar-refractivity contribution in [2.24, 2.45) is 11.8 Å². The molecule has 0 aliphatic heterocycles. The van der Waals surface area contributed by atoms with Crippen LogP contribution in [0.3, 0.4) is 0 Å². The molecule has 4 heteroatoms. The predicted molar refractivity (Wildman–Crippen MR) is 89.4 cm³/mol. The van der Waals surface area contributed by atoms with E-state index in [4.69, 9.17) is 5.73 Å². The second-order valence-electron chi connectivity index (χ2n) is 6.59. The largest absolute Gasteiger partial charge is 0.383 e. The molecule has 1 aromatic heterocycles. The van der Waals surface area contributed by atoms with E-state index >= 15 is 0 Å². The van der Waals surface area contributed by atoms with Gasteiger partial charge < -0.3 is 11.1 Å². The van der Waals surface area contributed by atoms with Crippen molar-refractivity contribution in [3.05, 3.63) is 11.4 Å². The Morgan fingerprint density at radius 3 is 2.57 bits per heavy atom. The zero-order valence-electron chi connectivity index (χ0n) is 13.8. The maximum Gasteiger partial charge on any atom is 0.134 e. The van der Waals surface area contributed by atoms with Crippen LogP contribution in [-0.4, -0.2) is 16.5 Å². The first-order valence-corrected chi connectivity index (χ1v) is 8.47. The van der Waals surface area contributed by atoms with Gasteiger partial charge in [0.2, 0.25) is 0 Å². The van der Waals surface area contributed by atoms with Gasteiger partial charge in [0, 0.05) is 18.5 Å². The third kappa shape index (κ3) is 4.58. The van der Waals surface area contributed by atoms with Crippen molar-refractivity contribution < 1.29 is 0 Å². The van der Waals surface area contributed by atoms with E-state index in [0.717, 1.165) is 48.4 Å². The number of nitrogens with one attached hydrogen (secondary N) is 1. The van der Waals surface area contributed by atoms with E-state index in [1.54, 1.807) is 0 Å². The SMILES string of the molecule is CCCc1nc(N)c(C)c(NCCC2CCC(C)CC2)n1. The first-order chi connectivity index (χ1) is 10.1. The molecule has 1 aliphatic carbocycles. The van der Waals surface area contributed by atoms with Gasteiger partial charge in [0.1, 0.15) is 17.5 Å². The topological polar surface area (TPSA) is 63.8 Å². The van der Waals surface area contributed by atoms with E-state index < -0.39 is 0 Å². The molecule has 4 nitrogen and oxygen atoms in total. The molecule has 1 heterocycles. The van der Waals surface area contributed by atoms with Crippen LogP contribution in [0.5, 0.6) is 0 Å². The van der Waals surface area contributed by atoms with E-state index in [2.05, 4.69) is 29.1 Å². The Hall–Kier alpha value is -1.32. The van der Waals surface area contributed by atoms with Crippen LogP contribution in [0.15, 0.2) is 0 Å². The second-order valence-corrected chi connectivity index (χ2v) is 6.59. The van der Waals surface area contributed by atoms with Crippen LogP contribution in [-0.2, 0) is 6.42 Å². The van der Waals surface area contributed by atoms with Crippen molar-refractivity contribution in [2.45, 2.75) is 65.7 Å². The number of aryl methyl sites for hydroxylation is 1. The lowest BCUT2D eigenvalue weighted by molar-refractivity contribution is 0.282. The van der Waals surface area contributed by atoms with Crippen LogP contribution in [0.2, 0.25) is 0 Å². The summed E-state index contributed by atoms with van der Waals surface area (Å²) in [6, 6.07) is 0. The fraction of sp³-hybridized carbons (Fsp3) is 0.765. The molecule has 3 N–H and O–H groups in total. The Morgan fingerprint density at radius 2 is 1.90 bits per heavy atom. The summed E-state index contributed by atoms with van der Waals surface area (Å²) in [6.07, 6.45) is 8.72. The molecular weight excluding hydrogens is 260 g/mol. The molecule has 0 spiro atoms. The van der Waals surface area contributed by atoms with E-state index in [-0.39, 0.29) is 0 Å². The number of hydrogen-bond acceptors (Lipinski definition) is 4. The highest BCUT2D eigenvalue weighted by atomic mass is 15.1. The Balaban J connectivity index is 1.87. The quantitative estimate of drug-likeness (QED) is 0.832. The first-order valence-electron chi connectivity index (χ1n) is 8.47. The number of nitrogen functional groups attached to an aromatic ring is 1. The van der Waals surface area contributed by atoms with Crippen molar-refractivity contribution in [1.82, 2.24) is 9.97 Å². The van der Waals surface area contributed by atoms with Gasteiger partial charge in [-0.05, 0) is 31.6 Å². The zero-order chi connectivity index (χ0) is 15.2. The van der Waals surface area contributed by atoms with Gasteiger partial charge in [0.25, 0.3) is 0 Å². The molecule has 2 rings (SSSR count). The second kappa shape index (κ2) is 7.62. The summed E-state index contributed by atoms with van der Waals surface area (Å²) in [4.78, 5) is 8.97. The molecule has 0 atom stereocenters. The molecule has 1 aromatic rings. The van der Waals surface area contributed by atoms with E-state index in [1.807, 2.05) is 6.92 Å². The van der Waals surface area contributed by atoms with E-state index in [0.29, 0.717) is 5.82 Å². The maximum atomic E-state index is 5.99. The molecule has 0 radical (unpaired) electrons. The normalized spacial score (nSPS) is 22.2. The summed E-state index contributed by atoms with van der Waals surface area (Å²) >= 11 is 0. The maximum absolute atomic E-state index is 5.99. The average Bonchev–Trinajstić information content (AvgIpc) is 2.46. The minimum atomic E-state index is 0.613. The Morgan fingerprint density at radius 1 is 1.19 bits per heavy atom. The van der Waals surface area contributed by atoms with Gasteiger partial charge in [0.15, 0.2) is 0 Å². The summed E-state index contributed by atoms with van der Waals surface area (Å²) < 4.78 is 0. The number of aromatic nitrogens is 2. The molecule has 1 fully saturated rings. The van der Waals surface area contributed by atoms with Gasteiger partial charge in [-0.2, -0.15) is 0 Å². The van der Waals surface area contributed by atoms with Crippen LogP contribution in [0.1, 0.15) is 63.8 Å². The first kappa shape index (κ1) is 16.1. The third-order valence-electron chi connectivity index (χ3n) is 4.68. The number of anilines is 2. The average molecular weight is 290 g/mol. The fourth-order valence-electron chi connectivity index (χ4n) is 3.10. The minimum Gasteiger partial charge on any atom is -0.383 e. The van der Waals surface area contributed by atoms with Gasteiger partial charge in [-0.15, -0.1) is 0 Å². The van der Waals surface area contributed by atoms with Gasteiger partial charge in [-0.3, -0.25) is 0 Å². The highest BCUT2D eigenvalue weighted by molar-refractivity contribution is 5.54. The number of hydrogen-bond donors (Lipinski definition) is 2. The zero-order valence-corrected chi connectivity index (χ0v) is 13.8. The molecule has 0 bridgehead atoms. The lowest BCUT2D eigenvalue weighted by Gasteiger charge is -2.26. The highest BCUT2D eigenvalue weighted by Gasteiger charge is 2.18. The number of nitrogens with zero attached hydrogens (tertiary/aromatic N) is 2. The van der Waals surface area contributed by atoms with E-state index in [9.17, 15) is 0 Å². The Kier molecular flexibility index (Phi) is 5.83. The van der Waals surface area contributed by atoms with Crippen molar-refractivity contribution in [3.63, 3.8) is 0 Å². The molecule has 0 saturated heterocycles. The standard InChI is InChI=1S/C17H30N4/c1-4-5-15-20-16(18)13(3)17(21-15)19-11-10-14-8-6-12(2)7-9-14/h12,14H,4-11H2,1-3H3,(H3,18,19,20,21). The van der Waals surface area contributed by atoms with Crippen molar-refractivity contribution >= 4 is 11.6 Å². The van der Waals surface area contributed by atoms with E-state index in [1.165, 1.54) is 32.1 Å². The lowest BCUT2D eigenvalue weighted by Crippen LogP contribution is -2.17. The monoisotopic (exact) mass is 290 g/mol. The third-order valence-corrected chi connectivity index (χ3v) is 4.68. The van der Waals surface area contributed by atoms with Crippen molar-refractivity contribution in [2.75, 3.05) is 17.6 Å². The summed E-state index contributed by atoms with van der Waals surface area (Å²) in [7, 11) is 0. The smallest absolute Gasteiger partial charge is 0.134 e. The molecule has 21 heavy (non-hydrogen) atoms. The summed E-state index contributed by atoms with van der Waals surface area (Å²) in [5, 5.41) is 3.48. The van der Waals surface area contributed by atoms with Crippen molar-refractivity contribution in [1.29, 1.82) is 0 Å². The summed E-state index contributed by atoms with van der Waals surface area (Å²) in [6.45, 7) is 7.49. The molecular formula is C17H30N4. The Bertz CT molecular complexity index is 450. The summed E-state index contributed by atoms with van der Waals surface area (Å²) in [5.74, 6) is 4.20. The van der Waals surface area contributed by atoms with Crippen LogP contribution >= 0.6 is 0 Å². The van der Waals surface area contributed by atoms with Crippen molar-refractivity contribution in [3.8, 4) is 0 Å². The minimum absolute atomic E-state index is 0.613. The van der Waals surface area contributed by atoms with Gasteiger partial charge in [0.05, 0.1) is 0 Å².